The van der Waals surface area contributed by atoms with Gasteiger partial charge in [-0.05, 0) is 37.0 Å². The molecule has 1 N–H and O–H groups in total. The van der Waals surface area contributed by atoms with Crippen LogP contribution in [0.1, 0.15) is 29.0 Å². The Morgan fingerprint density at radius 3 is 2.91 bits per heavy atom. The predicted molar refractivity (Wildman–Crippen MR) is 90.5 cm³/mol. The van der Waals surface area contributed by atoms with Crippen LogP contribution in [0.5, 0.6) is 0 Å². The van der Waals surface area contributed by atoms with Crippen LogP contribution in [-0.4, -0.2) is 40.3 Å². The van der Waals surface area contributed by atoms with Crippen LogP contribution in [0.25, 0.3) is 0 Å². The van der Waals surface area contributed by atoms with Crippen LogP contribution in [0, 0.1) is 13.8 Å². The lowest BCUT2D eigenvalue weighted by Crippen LogP contribution is -2.39. The van der Waals surface area contributed by atoms with E-state index in [1.807, 2.05) is 28.9 Å². The van der Waals surface area contributed by atoms with E-state index < -0.39 is 0 Å². The molecule has 5 nitrogen and oxygen atoms in total. The number of nitrogens with zero attached hydrogens (tertiary/aromatic N) is 3. The number of amides is 2. The molecule has 0 aliphatic carbocycles. The number of carbonyl (C=O) groups excluding carboxylic acids is 1. The third-order valence-electron chi connectivity index (χ3n) is 4.48. The Balaban J connectivity index is 1.48. The Morgan fingerprint density at radius 1 is 1.35 bits per heavy atom. The van der Waals surface area contributed by atoms with Gasteiger partial charge in [0.2, 0.25) is 0 Å². The summed E-state index contributed by atoms with van der Waals surface area (Å²) in [6, 6.07) is 8.50. The maximum Gasteiger partial charge on any atom is 0.317 e. The van der Waals surface area contributed by atoms with Crippen molar-refractivity contribution >= 4 is 6.03 Å². The second-order valence-electron chi connectivity index (χ2n) is 6.30. The molecule has 0 saturated carbocycles. The van der Waals surface area contributed by atoms with Gasteiger partial charge in [-0.2, -0.15) is 5.10 Å². The lowest BCUT2D eigenvalue weighted by atomic mass is 9.94. The average molecular weight is 312 g/mol. The van der Waals surface area contributed by atoms with Crippen LogP contribution in [0.2, 0.25) is 0 Å². The fourth-order valence-electron chi connectivity index (χ4n) is 3.22. The molecule has 2 heterocycles. The number of carbonyl (C=O) groups is 1. The van der Waals surface area contributed by atoms with Gasteiger partial charge in [0.25, 0.3) is 0 Å². The molecule has 0 radical (unpaired) electrons. The Kier molecular flexibility index (Phi) is 4.65. The monoisotopic (exact) mass is 312 g/mol. The van der Waals surface area contributed by atoms with Crippen LogP contribution in [-0.2, 0) is 6.54 Å². The number of likely N-dealkylation sites (tertiary alicyclic amines) is 1. The molecule has 0 bridgehead atoms. The van der Waals surface area contributed by atoms with Crippen molar-refractivity contribution < 1.29 is 4.79 Å². The molecular weight excluding hydrogens is 288 g/mol. The van der Waals surface area contributed by atoms with Crippen LogP contribution < -0.4 is 5.32 Å². The number of aromatic nitrogens is 2. The zero-order valence-electron chi connectivity index (χ0n) is 13.8. The predicted octanol–water partition coefficient (Wildman–Crippen LogP) is 2.70. The molecule has 3 rings (SSSR count). The van der Waals surface area contributed by atoms with E-state index in [4.69, 9.17) is 0 Å². The van der Waals surface area contributed by atoms with Crippen LogP contribution >= 0.6 is 0 Å². The standard InChI is InChI=1S/C18H24N4O/c1-14-11-20-22(12-14)10-8-19-18(23)21-9-7-16(13-21)17-6-4-3-5-15(17)2/h3-6,11-12,16H,7-10,13H2,1-2H3,(H,19,23). The van der Waals surface area contributed by atoms with Gasteiger partial charge < -0.3 is 10.2 Å². The fourth-order valence-corrected chi connectivity index (χ4v) is 3.22. The number of hydrogen-bond acceptors (Lipinski definition) is 2. The van der Waals surface area contributed by atoms with E-state index in [0.29, 0.717) is 19.0 Å². The molecule has 1 unspecified atom stereocenters. The molecule has 23 heavy (non-hydrogen) atoms. The van der Waals surface area contributed by atoms with Crippen molar-refractivity contribution in [3.8, 4) is 0 Å². The van der Waals surface area contributed by atoms with E-state index in [9.17, 15) is 4.79 Å². The molecule has 1 aromatic heterocycles. The molecule has 122 valence electrons. The van der Waals surface area contributed by atoms with E-state index >= 15 is 0 Å². The Morgan fingerprint density at radius 2 is 2.17 bits per heavy atom. The summed E-state index contributed by atoms with van der Waals surface area (Å²) in [4.78, 5) is 14.2. The van der Waals surface area contributed by atoms with Gasteiger partial charge in [0.05, 0.1) is 12.7 Å². The SMILES string of the molecule is Cc1cnn(CCNC(=O)N2CCC(c3ccccc3C)C2)c1. The molecule has 2 aromatic rings. The molecule has 5 heteroatoms. The van der Waals surface area contributed by atoms with E-state index in [1.165, 1.54) is 11.1 Å². The first-order valence-corrected chi connectivity index (χ1v) is 8.21. The quantitative estimate of drug-likeness (QED) is 0.943. The largest absolute Gasteiger partial charge is 0.336 e. The average Bonchev–Trinajstić information content (AvgIpc) is 3.17. The van der Waals surface area contributed by atoms with Crippen molar-refractivity contribution in [3.63, 3.8) is 0 Å². The number of rotatable bonds is 4. The molecule has 0 spiro atoms. The Hall–Kier alpha value is -2.30. The molecule has 1 aromatic carbocycles. The van der Waals surface area contributed by atoms with Crippen molar-refractivity contribution in [1.82, 2.24) is 20.0 Å². The van der Waals surface area contributed by atoms with Gasteiger partial charge >= 0.3 is 6.03 Å². The highest BCUT2D eigenvalue weighted by Crippen LogP contribution is 2.29. The molecule has 2 amide bonds. The number of hydrogen-bond donors (Lipinski definition) is 1. The van der Waals surface area contributed by atoms with Crippen molar-refractivity contribution in [2.75, 3.05) is 19.6 Å². The zero-order valence-corrected chi connectivity index (χ0v) is 13.8. The van der Waals surface area contributed by atoms with E-state index in [0.717, 1.165) is 25.1 Å². The first-order chi connectivity index (χ1) is 11.1. The Bertz CT molecular complexity index is 679. The lowest BCUT2D eigenvalue weighted by Gasteiger charge is -2.18. The van der Waals surface area contributed by atoms with Gasteiger partial charge in [0, 0.05) is 31.7 Å². The van der Waals surface area contributed by atoms with Crippen molar-refractivity contribution in [2.45, 2.75) is 32.7 Å². The highest BCUT2D eigenvalue weighted by atomic mass is 16.2. The van der Waals surface area contributed by atoms with Crippen molar-refractivity contribution in [2.24, 2.45) is 0 Å². The van der Waals surface area contributed by atoms with Gasteiger partial charge in [-0.1, -0.05) is 24.3 Å². The molecule has 1 aliphatic rings. The summed E-state index contributed by atoms with van der Waals surface area (Å²) in [5, 5.41) is 7.22. The zero-order chi connectivity index (χ0) is 16.2. The summed E-state index contributed by atoms with van der Waals surface area (Å²) >= 11 is 0. The van der Waals surface area contributed by atoms with Crippen molar-refractivity contribution in [3.05, 3.63) is 53.3 Å². The summed E-state index contributed by atoms with van der Waals surface area (Å²) in [5.74, 6) is 0.454. The third-order valence-corrected chi connectivity index (χ3v) is 4.48. The highest BCUT2D eigenvalue weighted by molar-refractivity contribution is 5.74. The fraction of sp³-hybridized carbons (Fsp3) is 0.444. The van der Waals surface area contributed by atoms with E-state index in [2.05, 4.69) is 41.6 Å². The number of aryl methyl sites for hydroxylation is 2. The van der Waals surface area contributed by atoms with Gasteiger partial charge in [0.15, 0.2) is 0 Å². The normalized spacial score (nSPS) is 17.5. The number of benzene rings is 1. The van der Waals surface area contributed by atoms with E-state index in [1.54, 1.807) is 0 Å². The third kappa shape index (κ3) is 3.73. The second kappa shape index (κ2) is 6.86. The molecule has 1 atom stereocenters. The summed E-state index contributed by atoms with van der Waals surface area (Å²) in [6.45, 7) is 7.09. The minimum Gasteiger partial charge on any atom is -0.336 e. The molecule has 1 saturated heterocycles. The number of nitrogens with one attached hydrogen (secondary N) is 1. The van der Waals surface area contributed by atoms with Gasteiger partial charge in [-0.25, -0.2) is 4.79 Å². The lowest BCUT2D eigenvalue weighted by molar-refractivity contribution is 0.207. The summed E-state index contributed by atoms with van der Waals surface area (Å²) in [5.41, 5.74) is 3.82. The van der Waals surface area contributed by atoms with Crippen LogP contribution in [0.15, 0.2) is 36.7 Å². The maximum atomic E-state index is 12.3. The van der Waals surface area contributed by atoms with Gasteiger partial charge in [-0.3, -0.25) is 4.68 Å². The Labute approximate surface area is 137 Å². The summed E-state index contributed by atoms with van der Waals surface area (Å²) < 4.78 is 1.86. The van der Waals surface area contributed by atoms with Gasteiger partial charge in [-0.15, -0.1) is 0 Å². The first-order valence-electron chi connectivity index (χ1n) is 8.21. The highest BCUT2D eigenvalue weighted by Gasteiger charge is 2.27. The van der Waals surface area contributed by atoms with Crippen LogP contribution in [0.3, 0.4) is 0 Å². The van der Waals surface area contributed by atoms with Crippen molar-refractivity contribution in [1.29, 1.82) is 0 Å². The van der Waals surface area contributed by atoms with Crippen LogP contribution in [0.4, 0.5) is 4.79 Å². The molecule has 1 fully saturated rings. The summed E-state index contributed by atoms with van der Waals surface area (Å²) in [7, 11) is 0. The molecule has 1 aliphatic heterocycles. The minimum absolute atomic E-state index is 0.0324. The summed E-state index contributed by atoms with van der Waals surface area (Å²) in [6.07, 6.45) is 4.85. The first kappa shape index (κ1) is 15.6. The minimum atomic E-state index is 0.0324. The molecular formula is C18H24N4O. The van der Waals surface area contributed by atoms with E-state index in [-0.39, 0.29) is 6.03 Å². The topological polar surface area (TPSA) is 50.2 Å². The van der Waals surface area contributed by atoms with Gasteiger partial charge in [0.1, 0.15) is 0 Å². The smallest absolute Gasteiger partial charge is 0.317 e. The second-order valence-corrected chi connectivity index (χ2v) is 6.30. The maximum absolute atomic E-state index is 12.3. The number of urea groups is 1.